The largest absolute Gasteiger partial charge is 0.480 e. The summed E-state index contributed by atoms with van der Waals surface area (Å²) in [4.78, 5) is 42.4. The van der Waals surface area contributed by atoms with Crippen molar-refractivity contribution in [2.45, 2.75) is 32.2 Å². The number of carboxylic acid groups (broad SMARTS) is 1. The Morgan fingerprint density at radius 2 is 1.83 bits per heavy atom. The first-order valence-electron chi connectivity index (χ1n) is 6.90. The van der Waals surface area contributed by atoms with Crippen LogP contribution >= 0.6 is 0 Å². The summed E-state index contributed by atoms with van der Waals surface area (Å²) in [6.45, 7) is 1.71. The van der Waals surface area contributed by atoms with Gasteiger partial charge in [0.05, 0.1) is 6.54 Å². The molecule has 132 valence electrons. The molecular formula is C12H23N5O6. The number of hydrogen-bond acceptors (Lipinski definition) is 7. The Morgan fingerprint density at radius 1 is 1.22 bits per heavy atom. The molecule has 0 heterocycles. The second-order valence-corrected chi connectivity index (χ2v) is 4.44. The number of carboxylic acids is 1. The van der Waals surface area contributed by atoms with Crippen LogP contribution in [-0.4, -0.2) is 60.8 Å². The van der Waals surface area contributed by atoms with Gasteiger partial charge in [0.15, 0.2) is 5.84 Å². The average Bonchev–Trinajstić information content (AvgIpc) is 2.54. The van der Waals surface area contributed by atoms with Crippen LogP contribution in [0.4, 0.5) is 9.59 Å². The van der Waals surface area contributed by atoms with Crippen molar-refractivity contribution in [3.63, 3.8) is 0 Å². The van der Waals surface area contributed by atoms with E-state index >= 15 is 0 Å². The van der Waals surface area contributed by atoms with Crippen molar-refractivity contribution in [3.05, 3.63) is 0 Å². The maximum Gasteiger partial charge on any atom is 0.433 e. The van der Waals surface area contributed by atoms with Crippen LogP contribution in [-0.2, 0) is 14.5 Å². The summed E-state index contributed by atoms with van der Waals surface area (Å²) >= 11 is 0. The van der Waals surface area contributed by atoms with Crippen molar-refractivity contribution in [1.29, 1.82) is 0 Å². The van der Waals surface area contributed by atoms with Crippen LogP contribution < -0.4 is 16.4 Å². The van der Waals surface area contributed by atoms with Crippen molar-refractivity contribution < 1.29 is 29.2 Å². The number of nitrogens with one attached hydrogen (secondary N) is 2. The van der Waals surface area contributed by atoms with Gasteiger partial charge in [0.1, 0.15) is 6.04 Å². The van der Waals surface area contributed by atoms with E-state index in [1.165, 1.54) is 21.0 Å². The Bertz CT molecular complexity index is 442. The lowest BCUT2D eigenvalue weighted by atomic mass is 10.1. The normalized spacial score (nSPS) is 12.1. The molecule has 0 aromatic heterocycles. The van der Waals surface area contributed by atoms with E-state index in [0.717, 1.165) is 5.06 Å². The number of carbonyl (C=O) groups is 3. The molecule has 5 N–H and O–H groups in total. The third kappa shape index (κ3) is 9.14. The molecule has 0 saturated carbocycles. The second kappa shape index (κ2) is 11.1. The molecule has 0 aliphatic heterocycles. The number of aliphatic carboxylic acids is 1. The Labute approximate surface area is 133 Å². The molecule has 1 unspecified atom stereocenters. The third-order valence-corrected chi connectivity index (χ3v) is 2.67. The van der Waals surface area contributed by atoms with E-state index in [1.807, 2.05) is 0 Å². The lowest BCUT2D eigenvalue weighted by Crippen LogP contribution is -2.37. The molecule has 0 aromatic rings. The van der Waals surface area contributed by atoms with E-state index in [2.05, 4.69) is 20.6 Å². The fraction of sp³-hybridized carbons (Fsp3) is 0.667. The van der Waals surface area contributed by atoms with Crippen molar-refractivity contribution in [2.24, 2.45) is 10.9 Å². The fourth-order valence-corrected chi connectivity index (χ4v) is 1.36. The minimum atomic E-state index is -1.07. The molecule has 2 amide bonds. The number of nitrogens with zero attached hydrogens (tertiary/aromatic N) is 2. The molecular weight excluding hydrogens is 310 g/mol. The smallest absolute Gasteiger partial charge is 0.433 e. The van der Waals surface area contributed by atoms with Gasteiger partial charge in [-0.3, -0.25) is 9.63 Å². The van der Waals surface area contributed by atoms with E-state index in [-0.39, 0.29) is 18.8 Å². The van der Waals surface area contributed by atoms with Gasteiger partial charge in [0.2, 0.25) is 0 Å². The first-order valence-corrected chi connectivity index (χ1v) is 6.90. The molecule has 23 heavy (non-hydrogen) atoms. The number of rotatable bonds is 7. The van der Waals surface area contributed by atoms with Crippen LogP contribution in [0.2, 0.25) is 0 Å². The van der Waals surface area contributed by atoms with Crippen LogP contribution in [0.1, 0.15) is 26.2 Å². The Morgan fingerprint density at radius 3 is 2.35 bits per heavy atom. The minimum absolute atomic E-state index is 0.139. The monoisotopic (exact) mass is 333 g/mol. The zero-order chi connectivity index (χ0) is 17.8. The number of amidine groups is 1. The number of hydroxylamine groups is 2. The fourth-order valence-electron chi connectivity index (χ4n) is 1.36. The zero-order valence-electron chi connectivity index (χ0n) is 13.4. The van der Waals surface area contributed by atoms with Gasteiger partial charge >= 0.3 is 18.2 Å². The van der Waals surface area contributed by atoms with E-state index in [1.54, 1.807) is 0 Å². The van der Waals surface area contributed by atoms with Gasteiger partial charge in [0.25, 0.3) is 0 Å². The number of hydrogen-bond donors (Lipinski definition) is 4. The van der Waals surface area contributed by atoms with Crippen molar-refractivity contribution >= 4 is 24.0 Å². The molecule has 1 atom stereocenters. The summed E-state index contributed by atoms with van der Waals surface area (Å²) in [5.74, 6) is -0.931. The van der Waals surface area contributed by atoms with Crippen molar-refractivity contribution in [1.82, 2.24) is 15.7 Å². The van der Waals surface area contributed by atoms with Gasteiger partial charge in [-0.1, -0.05) is 5.16 Å². The summed E-state index contributed by atoms with van der Waals surface area (Å²) in [6.07, 6.45) is -0.206. The minimum Gasteiger partial charge on any atom is -0.480 e. The Balaban J connectivity index is 4.53. The Hall–Kier alpha value is -2.56. The molecule has 0 saturated heterocycles. The van der Waals surface area contributed by atoms with Crippen LogP contribution in [0.15, 0.2) is 5.16 Å². The Kier molecular flexibility index (Phi) is 9.83. The van der Waals surface area contributed by atoms with E-state index < -0.39 is 24.2 Å². The molecule has 0 radical (unpaired) electrons. The van der Waals surface area contributed by atoms with Crippen LogP contribution in [0.5, 0.6) is 0 Å². The standard InChI is InChI=1S/C12H23N5O6/c1-8(16-22-11(20)14-2)17(23-12(21)15-3)7-5-4-6-9(13)10(18)19/h9H,4-7,13H2,1-3H3,(H,14,20)(H,15,21)(H,18,19)/b16-8+. The summed E-state index contributed by atoms with van der Waals surface area (Å²) in [7, 11) is 2.76. The highest BCUT2D eigenvalue weighted by atomic mass is 16.7. The highest BCUT2D eigenvalue weighted by Crippen LogP contribution is 2.04. The lowest BCUT2D eigenvalue weighted by Gasteiger charge is -2.21. The number of oxime groups is 1. The summed E-state index contributed by atoms with van der Waals surface area (Å²) in [6, 6.07) is -0.936. The molecule has 0 spiro atoms. The van der Waals surface area contributed by atoms with Gasteiger partial charge < -0.3 is 26.3 Å². The molecule has 0 aromatic carbocycles. The van der Waals surface area contributed by atoms with Crippen LogP contribution in [0, 0.1) is 0 Å². The number of unbranched alkanes of at least 4 members (excludes halogenated alkanes) is 1. The predicted molar refractivity (Wildman–Crippen MR) is 80.4 cm³/mol. The summed E-state index contributed by atoms with van der Waals surface area (Å²) in [5, 5.41) is 17.8. The summed E-state index contributed by atoms with van der Waals surface area (Å²) in [5.41, 5.74) is 5.40. The second-order valence-electron chi connectivity index (χ2n) is 4.44. The number of amides is 2. The first kappa shape index (κ1) is 20.4. The number of nitrogens with two attached hydrogens (primary N) is 1. The van der Waals surface area contributed by atoms with E-state index in [9.17, 15) is 14.4 Å². The quantitative estimate of drug-likeness (QED) is 0.164. The zero-order valence-corrected chi connectivity index (χ0v) is 13.4. The topological polar surface area (TPSA) is 156 Å². The summed E-state index contributed by atoms with van der Waals surface area (Å²) < 4.78 is 0. The number of carbonyl (C=O) groups excluding carboxylic acids is 2. The first-order chi connectivity index (χ1) is 10.8. The lowest BCUT2D eigenvalue weighted by molar-refractivity contribution is -0.138. The molecule has 0 aliphatic rings. The van der Waals surface area contributed by atoms with Crippen molar-refractivity contribution in [3.8, 4) is 0 Å². The van der Waals surface area contributed by atoms with Gasteiger partial charge in [0, 0.05) is 21.0 Å². The molecule has 11 nitrogen and oxygen atoms in total. The van der Waals surface area contributed by atoms with E-state index in [0.29, 0.717) is 12.8 Å². The SMILES string of the molecule is CNC(=O)O/N=C(\C)N(CCCCC(N)C(=O)O)OC(=O)NC. The van der Waals surface area contributed by atoms with Crippen LogP contribution in [0.25, 0.3) is 0 Å². The third-order valence-electron chi connectivity index (χ3n) is 2.67. The van der Waals surface area contributed by atoms with Crippen molar-refractivity contribution in [2.75, 3.05) is 20.6 Å². The highest BCUT2D eigenvalue weighted by molar-refractivity contribution is 5.81. The molecule has 0 bridgehead atoms. The van der Waals surface area contributed by atoms with Gasteiger partial charge in [-0.05, 0) is 19.3 Å². The maximum atomic E-state index is 11.3. The van der Waals surface area contributed by atoms with E-state index in [4.69, 9.17) is 15.7 Å². The highest BCUT2D eigenvalue weighted by Gasteiger charge is 2.15. The molecule has 0 aliphatic carbocycles. The maximum absolute atomic E-state index is 11.3. The van der Waals surface area contributed by atoms with Crippen LogP contribution in [0.3, 0.4) is 0 Å². The molecule has 0 fully saturated rings. The molecule has 11 heteroatoms. The predicted octanol–water partition coefficient (Wildman–Crippen LogP) is -0.169. The average molecular weight is 333 g/mol. The van der Waals surface area contributed by atoms with Gasteiger partial charge in [-0.25, -0.2) is 9.59 Å². The van der Waals surface area contributed by atoms with Gasteiger partial charge in [-0.15, -0.1) is 0 Å². The van der Waals surface area contributed by atoms with Gasteiger partial charge in [-0.2, -0.15) is 5.06 Å². The molecule has 0 rings (SSSR count).